The van der Waals surface area contributed by atoms with Gasteiger partial charge in [-0.2, -0.15) is 0 Å². The highest BCUT2D eigenvalue weighted by atomic mass is 79.9. The largest absolute Gasteiger partial charge is 0.384 e. The van der Waals surface area contributed by atoms with Gasteiger partial charge < -0.3 is 15.4 Å². The summed E-state index contributed by atoms with van der Waals surface area (Å²) in [6, 6.07) is 5.81. The number of anilines is 1. The Kier molecular flexibility index (Phi) is 4.82. The maximum absolute atomic E-state index is 7.67. The molecule has 1 saturated heterocycles. The van der Waals surface area contributed by atoms with Crippen molar-refractivity contribution < 1.29 is 4.74 Å². The number of ether oxygens (including phenoxy) is 1. The summed E-state index contributed by atoms with van der Waals surface area (Å²) in [5, 5.41) is 7.67. The number of hydrogen-bond donors (Lipinski definition) is 2. The molecule has 1 unspecified atom stereocenters. The minimum Gasteiger partial charge on any atom is -0.384 e. The summed E-state index contributed by atoms with van der Waals surface area (Å²) < 4.78 is 6.52. The molecule has 0 amide bonds. The lowest BCUT2D eigenvalue weighted by molar-refractivity contribution is 0.0576. The van der Waals surface area contributed by atoms with Crippen molar-refractivity contribution >= 4 is 27.5 Å². The van der Waals surface area contributed by atoms with Gasteiger partial charge >= 0.3 is 0 Å². The van der Waals surface area contributed by atoms with Crippen LogP contribution in [0.25, 0.3) is 0 Å². The fourth-order valence-corrected chi connectivity index (χ4v) is 2.83. The molecule has 1 aromatic rings. The summed E-state index contributed by atoms with van der Waals surface area (Å²) in [4.78, 5) is 2.17. The van der Waals surface area contributed by atoms with Crippen LogP contribution in [0.3, 0.4) is 0 Å². The molecule has 0 spiro atoms. The lowest BCUT2D eigenvalue weighted by Crippen LogP contribution is -2.32. The van der Waals surface area contributed by atoms with E-state index in [2.05, 4.69) is 20.8 Å². The first-order valence-electron chi connectivity index (χ1n) is 6.50. The third-order valence-electron chi connectivity index (χ3n) is 3.45. The number of nitrogens with two attached hydrogens (primary N) is 1. The molecule has 4 nitrogen and oxygen atoms in total. The molecule has 1 aliphatic heterocycles. The van der Waals surface area contributed by atoms with Crippen LogP contribution in [-0.2, 0) is 4.74 Å². The van der Waals surface area contributed by atoms with Gasteiger partial charge in [-0.3, -0.25) is 5.41 Å². The average molecular weight is 326 g/mol. The molecule has 0 radical (unpaired) electrons. The minimum absolute atomic E-state index is 0.106. The zero-order chi connectivity index (χ0) is 13.8. The molecule has 1 aromatic carbocycles. The van der Waals surface area contributed by atoms with E-state index in [1.54, 1.807) is 0 Å². The first kappa shape index (κ1) is 14.3. The number of halogens is 1. The molecule has 0 bridgehead atoms. The molecule has 0 saturated carbocycles. The third-order valence-corrected chi connectivity index (χ3v) is 3.94. The lowest BCUT2D eigenvalue weighted by atomic mass is 10.0. The van der Waals surface area contributed by atoms with Crippen LogP contribution >= 0.6 is 15.9 Å². The van der Waals surface area contributed by atoms with E-state index >= 15 is 0 Å². The normalized spacial score (nSPS) is 19.2. The Labute approximate surface area is 122 Å². The van der Waals surface area contributed by atoms with Gasteiger partial charge in [0.2, 0.25) is 0 Å². The van der Waals surface area contributed by atoms with Gasteiger partial charge in [-0.05, 0) is 37.0 Å². The van der Waals surface area contributed by atoms with E-state index in [1.807, 2.05) is 25.2 Å². The quantitative estimate of drug-likeness (QED) is 0.660. The Bertz CT molecular complexity index is 458. The third kappa shape index (κ3) is 3.70. The van der Waals surface area contributed by atoms with Gasteiger partial charge in [-0.15, -0.1) is 0 Å². The van der Waals surface area contributed by atoms with Crippen molar-refractivity contribution in [1.29, 1.82) is 5.41 Å². The van der Waals surface area contributed by atoms with Crippen molar-refractivity contribution in [2.75, 3.05) is 31.7 Å². The van der Waals surface area contributed by atoms with E-state index < -0.39 is 0 Å². The van der Waals surface area contributed by atoms with Gasteiger partial charge in [0, 0.05) is 35.9 Å². The van der Waals surface area contributed by atoms with Gasteiger partial charge in [-0.25, -0.2) is 0 Å². The molecule has 1 fully saturated rings. The number of hydrogen-bond acceptors (Lipinski definition) is 3. The highest BCUT2D eigenvalue weighted by Gasteiger charge is 2.18. The average Bonchev–Trinajstić information content (AvgIpc) is 2.39. The molecule has 3 N–H and O–H groups in total. The molecule has 0 aromatic heterocycles. The van der Waals surface area contributed by atoms with Crippen molar-refractivity contribution in [2.45, 2.75) is 12.8 Å². The summed E-state index contributed by atoms with van der Waals surface area (Å²) in [5.74, 6) is 0.659. The van der Waals surface area contributed by atoms with Crippen LogP contribution in [0, 0.1) is 11.3 Å². The highest BCUT2D eigenvalue weighted by Crippen LogP contribution is 2.26. The van der Waals surface area contributed by atoms with Crippen LogP contribution in [0.4, 0.5) is 5.69 Å². The van der Waals surface area contributed by atoms with Crippen LogP contribution in [0.15, 0.2) is 22.7 Å². The number of nitrogens with one attached hydrogen (secondary N) is 1. The summed E-state index contributed by atoms with van der Waals surface area (Å²) in [7, 11) is 2.04. The van der Waals surface area contributed by atoms with E-state index in [0.29, 0.717) is 5.92 Å². The number of nitrogen functional groups attached to an aromatic ring is 1. The number of benzene rings is 1. The highest BCUT2D eigenvalue weighted by molar-refractivity contribution is 9.10. The Morgan fingerprint density at radius 1 is 1.58 bits per heavy atom. The maximum Gasteiger partial charge on any atom is 0.124 e. The van der Waals surface area contributed by atoms with Crippen LogP contribution in [-0.4, -0.2) is 32.6 Å². The monoisotopic (exact) mass is 325 g/mol. The topological polar surface area (TPSA) is 62.3 Å². The van der Waals surface area contributed by atoms with Gasteiger partial charge in [0.05, 0.1) is 6.61 Å². The Hall–Kier alpha value is -1.07. The molecule has 104 valence electrons. The summed E-state index contributed by atoms with van der Waals surface area (Å²) in [5.41, 5.74) is 7.43. The van der Waals surface area contributed by atoms with Crippen molar-refractivity contribution in [3.8, 4) is 0 Å². The van der Waals surface area contributed by atoms with Crippen LogP contribution in [0.5, 0.6) is 0 Å². The van der Waals surface area contributed by atoms with Gasteiger partial charge in [-0.1, -0.05) is 15.9 Å². The standard InChI is InChI=1S/C14H20BrN3O/c1-18(8-10-3-2-6-19-9-10)13-7-11(15)4-5-12(13)14(16)17/h4-5,7,10H,2-3,6,8-9H2,1H3,(H3,16,17). The van der Waals surface area contributed by atoms with E-state index in [1.165, 1.54) is 6.42 Å². The first-order valence-corrected chi connectivity index (χ1v) is 7.30. The maximum atomic E-state index is 7.67. The lowest BCUT2D eigenvalue weighted by Gasteiger charge is -2.29. The second-order valence-corrected chi connectivity index (χ2v) is 5.95. The van der Waals surface area contributed by atoms with Crippen molar-refractivity contribution in [2.24, 2.45) is 11.7 Å². The fourth-order valence-electron chi connectivity index (χ4n) is 2.49. The molecule has 1 atom stereocenters. The van der Waals surface area contributed by atoms with E-state index in [4.69, 9.17) is 15.9 Å². The molecule has 5 heteroatoms. The van der Waals surface area contributed by atoms with Crippen LogP contribution in [0.1, 0.15) is 18.4 Å². The summed E-state index contributed by atoms with van der Waals surface area (Å²) in [6.45, 7) is 2.64. The minimum atomic E-state index is 0.106. The van der Waals surface area contributed by atoms with E-state index in [-0.39, 0.29) is 5.84 Å². The van der Waals surface area contributed by atoms with Crippen molar-refractivity contribution in [1.82, 2.24) is 0 Å². The summed E-state index contributed by atoms with van der Waals surface area (Å²) >= 11 is 3.48. The molecular weight excluding hydrogens is 306 g/mol. The second-order valence-electron chi connectivity index (χ2n) is 5.04. The number of amidine groups is 1. The zero-order valence-electron chi connectivity index (χ0n) is 11.2. The molecular formula is C14H20BrN3O. The van der Waals surface area contributed by atoms with Crippen LogP contribution in [0.2, 0.25) is 0 Å². The van der Waals surface area contributed by atoms with E-state index in [0.717, 1.165) is 41.9 Å². The predicted molar refractivity (Wildman–Crippen MR) is 82.0 cm³/mol. The van der Waals surface area contributed by atoms with E-state index in [9.17, 15) is 0 Å². The fraction of sp³-hybridized carbons (Fsp3) is 0.500. The molecule has 0 aliphatic carbocycles. The smallest absolute Gasteiger partial charge is 0.124 e. The predicted octanol–water partition coefficient (Wildman–Crippen LogP) is 2.60. The Balaban J connectivity index is 2.14. The van der Waals surface area contributed by atoms with Gasteiger partial charge in [0.1, 0.15) is 5.84 Å². The summed E-state index contributed by atoms with van der Waals surface area (Å²) in [6.07, 6.45) is 2.34. The second kappa shape index (κ2) is 6.39. The molecule has 1 heterocycles. The molecule has 19 heavy (non-hydrogen) atoms. The molecule has 2 rings (SSSR count). The van der Waals surface area contributed by atoms with Crippen molar-refractivity contribution in [3.05, 3.63) is 28.2 Å². The van der Waals surface area contributed by atoms with Gasteiger partial charge in [0.15, 0.2) is 0 Å². The molecule has 1 aliphatic rings. The Morgan fingerprint density at radius 2 is 2.37 bits per heavy atom. The first-order chi connectivity index (χ1) is 9.08. The zero-order valence-corrected chi connectivity index (χ0v) is 12.7. The number of nitrogens with zero attached hydrogens (tertiary/aromatic N) is 1. The van der Waals surface area contributed by atoms with Crippen molar-refractivity contribution in [3.63, 3.8) is 0 Å². The van der Waals surface area contributed by atoms with Crippen LogP contribution < -0.4 is 10.6 Å². The SMILES string of the molecule is CN(CC1CCCOC1)c1cc(Br)ccc1C(=N)N. The number of rotatable bonds is 4. The Morgan fingerprint density at radius 3 is 3.00 bits per heavy atom. The van der Waals surface area contributed by atoms with Gasteiger partial charge in [0.25, 0.3) is 0 Å².